The van der Waals surface area contributed by atoms with Crippen LogP contribution in [0.2, 0.25) is 5.02 Å². The molecule has 5 rings (SSSR count). The van der Waals surface area contributed by atoms with Crippen LogP contribution in [0.3, 0.4) is 0 Å². The number of aromatic nitrogens is 1. The number of thiazole rings is 1. The highest BCUT2D eigenvalue weighted by atomic mass is 35.5. The fraction of sp³-hybridized carbons (Fsp3) is 0.120. The Morgan fingerprint density at radius 1 is 0.970 bits per heavy atom. The standard InChI is InChI=1S/C25H18ClN3O3S/c26-18-14-15(12-13-20(18)29-24(31)16-6-1-2-7-17(16)25(29)32)27-22(30)10-5-11-23-28-19-8-3-4-9-21(19)33-23/h1-4,6-9,12-14H,5,10-11H2,(H,27,30). The highest BCUT2D eigenvalue weighted by molar-refractivity contribution is 7.18. The Hall–Kier alpha value is -3.55. The molecule has 0 unspecified atom stereocenters. The van der Waals surface area contributed by atoms with Crippen molar-refractivity contribution in [2.24, 2.45) is 0 Å². The van der Waals surface area contributed by atoms with Gasteiger partial charge in [0.05, 0.1) is 37.1 Å². The maximum Gasteiger partial charge on any atom is 0.266 e. The van der Waals surface area contributed by atoms with E-state index in [4.69, 9.17) is 11.6 Å². The minimum absolute atomic E-state index is 0.138. The van der Waals surface area contributed by atoms with Crippen molar-refractivity contribution in [3.63, 3.8) is 0 Å². The van der Waals surface area contributed by atoms with Gasteiger partial charge in [0.1, 0.15) is 0 Å². The van der Waals surface area contributed by atoms with E-state index in [0.717, 1.165) is 26.5 Å². The zero-order chi connectivity index (χ0) is 22.9. The van der Waals surface area contributed by atoms with Gasteiger partial charge in [-0.3, -0.25) is 14.4 Å². The van der Waals surface area contributed by atoms with Crippen molar-refractivity contribution in [1.29, 1.82) is 0 Å². The normalized spacial score (nSPS) is 12.9. The minimum Gasteiger partial charge on any atom is -0.326 e. The average Bonchev–Trinajstić information content (AvgIpc) is 3.33. The van der Waals surface area contributed by atoms with Crippen molar-refractivity contribution in [3.05, 3.63) is 87.9 Å². The van der Waals surface area contributed by atoms with Gasteiger partial charge in [0.15, 0.2) is 0 Å². The molecule has 0 radical (unpaired) electrons. The first-order chi connectivity index (χ1) is 16.0. The van der Waals surface area contributed by atoms with E-state index in [-0.39, 0.29) is 16.6 Å². The fourth-order valence-corrected chi connectivity index (χ4v) is 5.10. The molecule has 3 aromatic carbocycles. The molecule has 33 heavy (non-hydrogen) atoms. The third-order valence-electron chi connectivity index (χ3n) is 5.40. The molecule has 2 heterocycles. The van der Waals surface area contributed by atoms with Gasteiger partial charge in [-0.25, -0.2) is 9.88 Å². The lowest BCUT2D eigenvalue weighted by Gasteiger charge is -2.16. The van der Waals surface area contributed by atoms with Crippen molar-refractivity contribution in [1.82, 2.24) is 4.98 Å². The van der Waals surface area contributed by atoms with E-state index < -0.39 is 11.8 Å². The van der Waals surface area contributed by atoms with Gasteiger partial charge in [-0.1, -0.05) is 35.9 Å². The molecule has 0 saturated carbocycles. The first-order valence-electron chi connectivity index (χ1n) is 10.4. The molecular formula is C25H18ClN3O3S. The number of nitrogens with one attached hydrogen (secondary N) is 1. The smallest absolute Gasteiger partial charge is 0.266 e. The predicted molar refractivity (Wildman–Crippen MR) is 130 cm³/mol. The van der Waals surface area contributed by atoms with Crippen LogP contribution in [0.15, 0.2) is 66.7 Å². The Kier molecular flexibility index (Phi) is 5.66. The van der Waals surface area contributed by atoms with Crippen molar-refractivity contribution < 1.29 is 14.4 Å². The molecule has 1 N–H and O–H groups in total. The van der Waals surface area contributed by atoms with Crippen LogP contribution in [-0.2, 0) is 11.2 Å². The molecule has 0 bridgehead atoms. The SMILES string of the molecule is O=C(CCCc1nc2ccccc2s1)Nc1ccc(N2C(=O)c3ccccc3C2=O)c(Cl)c1. The summed E-state index contributed by atoms with van der Waals surface area (Å²) in [7, 11) is 0. The number of benzene rings is 3. The van der Waals surface area contributed by atoms with Gasteiger partial charge >= 0.3 is 0 Å². The van der Waals surface area contributed by atoms with Crippen LogP contribution in [0.25, 0.3) is 10.2 Å². The van der Waals surface area contributed by atoms with E-state index in [1.54, 1.807) is 53.8 Å². The molecule has 1 aromatic heterocycles. The lowest BCUT2D eigenvalue weighted by Crippen LogP contribution is -2.29. The Labute approximate surface area is 198 Å². The van der Waals surface area contributed by atoms with Crippen molar-refractivity contribution in [3.8, 4) is 0 Å². The van der Waals surface area contributed by atoms with Crippen LogP contribution in [0.1, 0.15) is 38.6 Å². The van der Waals surface area contributed by atoms with Gasteiger partial charge in [0, 0.05) is 12.1 Å². The van der Waals surface area contributed by atoms with Crippen LogP contribution in [0.5, 0.6) is 0 Å². The molecule has 8 heteroatoms. The number of aryl methyl sites for hydroxylation is 1. The van der Waals surface area contributed by atoms with Crippen LogP contribution >= 0.6 is 22.9 Å². The van der Waals surface area contributed by atoms with Crippen molar-refractivity contribution in [2.45, 2.75) is 19.3 Å². The molecular weight excluding hydrogens is 458 g/mol. The molecule has 1 aliphatic rings. The number of hydrogen-bond acceptors (Lipinski definition) is 5. The first kappa shape index (κ1) is 21.3. The van der Waals surface area contributed by atoms with Crippen molar-refractivity contribution >= 4 is 62.3 Å². The number of halogens is 1. The minimum atomic E-state index is -0.413. The average molecular weight is 476 g/mol. The van der Waals surface area contributed by atoms with Crippen molar-refractivity contribution in [2.75, 3.05) is 10.2 Å². The first-order valence-corrected chi connectivity index (χ1v) is 11.6. The monoisotopic (exact) mass is 475 g/mol. The second kappa shape index (κ2) is 8.77. The molecule has 0 spiro atoms. The van der Waals surface area contributed by atoms with E-state index in [9.17, 15) is 14.4 Å². The number of imide groups is 1. The molecule has 1 aliphatic heterocycles. The molecule has 6 nitrogen and oxygen atoms in total. The van der Waals surface area contributed by atoms with E-state index >= 15 is 0 Å². The fourth-order valence-electron chi connectivity index (χ4n) is 3.82. The zero-order valence-corrected chi connectivity index (χ0v) is 18.9. The number of para-hydroxylation sites is 1. The second-order valence-electron chi connectivity index (χ2n) is 7.63. The van der Waals surface area contributed by atoms with Crippen LogP contribution in [0.4, 0.5) is 11.4 Å². The number of rotatable bonds is 6. The van der Waals surface area contributed by atoms with E-state index in [2.05, 4.69) is 10.3 Å². The third kappa shape index (κ3) is 4.13. The topological polar surface area (TPSA) is 79.4 Å². The van der Waals surface area contributed by atoms with E-state index in [1.165, 1.54) is 0 Å². The number of fused-ring (bicyclic) bond motifs is 2. The lowest BCUT2D eigenvalue weighted by molar-refractivity contribution is -0.116. The largest absolute Gasteiger partial charge is 0.326 e. The quantitative estimate of drug-likeness (QED) is 0.362. The van der Waals surface area contributed by atoms with Crippen LogP contribution in [-0.4, -0.2) is 22.7 Å². The summed E-state index contributed by atoms with van der Waals surface area (Å²) in [5.74, 6) is -0.964. The highest BCUT2D eigenvalue weighted by Gasteiger charge is 2.37. The molecule has 0 saturated heterocycles. The van der Waals surface area contributed by atoms with Gasteiger partial charge in [-0.05, 0) is 55.3 Å². The molecule has 0 atom stereocenters. The Morgan fingerprint density at radius 2 is 1.67 bits per heavy atom. The lowest BCUT2D eigenvalue weighted by atomic mass is 10.1. The Morgan fingerprint density at radius 3 is 2.36 bits per heavy atom. The summed E-state index contributed by atoms with van der Waals surface area (Å²) in [6, 6.07) is 19.4. The maximum absolute atomic E-state index is 12.7. The number of anilines is 2. The van der Waals surface area contributed by atoms with Crippen LogP contribution in [0, 0.1) is 0 Å². The van der Waals surface area contributed by atoms with Gasteiger partial charge in [0.2, 0.25) is 5.91 Å². The highest BCUT2D eigenvalue weighted by Crippen LogP contribution is 2.35. The van der Waals surface area contributed by atoms with Gasteiger partial charge in [-0.2, -0.15) is 0 Å². The summed E-state index contributed by atoms with van der Waals surface area (Å²) in [5, 5.41) is 4.04. The molecule has 0 aliphatic carbocycles. The maximum atomic E-state index is 12.7. The zero-order valence-electron chi connectivity index (χ0n) is 17.4. The Bertz CT molecular complexity index is 1350. The molecule has 0 fully saturated rings. The number of carbonyl (C=O) groups excluding carboxylic acids is 3. The third-order valence-corrected chi connectivity index (χ3v) is 6.80. The molecule has 164 valence electrons. The van der Waals surface area contributed by atoms with E-state index in [0.29, 0.717) is 29.7 Å². The van der Waals surface area contributed by atoms with E-state index in [1.807, 2.05) is 24.3 Å². The summed E-state index contributed by atoms with van der Waals surface area (Å²) in [5.41, 5.74) is 2.48. The molecule has 3 amide bonds. The predicted octanol–water partition coefficient (Wildman–Crippen LogP) is 5.71. The summed E-state index contributed by atoms with van der Waals surface area (Å²) >= 11 is 8.03. The summed E-state index contributed by atoms with van der Waals surface area (Å²) < 4.78 is 1.14. The summed E-state index contributed by atoms with van der Waals surface area (Å²) in [6.45, 7) is 0. The summed E-state index contributed by atoms with van der Waals surface area (Å²) in [6.07, 6.45) is 1.74. The van der Waals surface area contributed by atoms with Gasteiger partial charge < -0.3 is 5.32 Å². The Balaban J connectivity index is 1.21. The number of carbonyl (C=O) groups is 3. The summed E-state index contributed by atoms with van der Waals surface area (Å²) in [4.78, 5) is 43.4. The number of amides is 3. The van der Waals surface area contributed by atoms with Crippen LogP contribution < -0.4 is 10.2 Å². The molecule has 4 aromatic rings. The number of hydrogen-bond donors (Lipinski definition) is 1. The van der Waals surface area contributed by atoms with Gasteiger partial charge in [0.25, 0.3) is 11.8 Å². The van der Waals surface area contributed by atoms with Gasteiger partial charge in [-0.15, -0.1) is 11.3 Å². The number of nitrogens with zero attached hydrogens (tertiary/aromatic N) is 2. The second-order valence-corrected chi connectivity index (χ2v) is 9.16.